The third kappa shape index (κ3) is 1.88. The monoisotopic (exact) mass is 246 g/mol. The Bertz CT molecular complexity index is 641. The molecule has 94 valence electrons. The van der Waals surface area contributed by atoms with Gasteiger partial charge in [0.25, 0.3) is 0 Å². The minimum Gasteiger partial charge on any atom is -0.476 e. The predicted molar refractivity (Wildman–Crippen MR) is 67.1 cm³/mol. The number of benzene rings is 1. The Morgan fingerprint density at radius 3 is 2.50 bits per heavy atom. The molecule has 0 spiro atoms. The number of carboxylic acids is 1. The van der Waals surface area contributed by atoms with Crippen LogP contribution in [0.25, 0.3) is 10.9 Å². The highest BCUT2D eigenvalue weighted by Crippen LogP contribution is 2.23. The molecular weight excluding hydrogens is 232 g/mol. The smallest absolute Gasteiger partial charge is 0.357 e. The summed E-state index contributed by atoms with van der Waals surface area (Å²) in [6, 6.07) is 5.08. The fourth-order valence-corrected chi connectivity index (χ4v) is 1.91. The normalized spacial score (nSPS) is 11.1. The Morgan fingerprint density at radius 1 is 1.33 bits per heavy atom. The van der Waals surface area contributed by atoms with Crippen molar-refractivity contribution in [3.05, 3.63) is 29.5 Å². The van der Waals surface area contributed by atoms with Gasteiger partial charge in [-0.15, -0.1) is 0 Å². The van der Waals surface area contributed by atoms with Crippen molar-refractivity contribution in [2.75, 3.05) is 0 Å². The average molecular weight is 246 g/mol. The molecule has 0 amide bonds. The summed E-state index contributed by atoms with van der Waals surface area (Å²) in [4.78, 5) is 22.5. The Hall–Kier alpha value is -2.17. The molecule has 0 aliphatic heterocycles. The lowest BCUT2D eigenvalue weighted by atomic mass is 10.1. The standard InChI is InChI=1S/C13H14N2O3/c1-7(2)15-11-5-4-9(8(3)16)6-10(11)12(14-15)13(17)18/h4-7H,1-3H3,(H,17,18). The van der Waals surface area contributed by atoms with Gasteiger partial charge in [0.05, 0.1) is 5.52 Å². The fraction of sp³-hybridized carbons (Fsp3) is 0.308. The van der Waals surface area contributed by atoms with Gasteiger partial charge in [-0.3, -0.25) is 9.48 Å². The zero-order chi connectivity index (χ0) is 13.4. The lowest BCUT2D eigenvalue weighted by molar-refractivity contribution is 0.0691. The predicted octanol–water partition coefficient (Wildman–Crippen LogP) is 2.52. The summed E-state index contributed by atoms with van der Waals surface area (Å²) in [6.07, 6.45) is 0. The number of carbonyl (C=O) groups is 2. The summed E-state index contributed by atoms with van der Waals surface area (Å²) in [7, 11) is 0. The number of Topliss-reactive ketones (excluding diaryl/α,β-unsaturated/α-hetero) is 1. The van der Waals surface area contributed by atoms with Crippen molar-refractivity contribution in [2.24, 2.45) is 0 Å². The molecule has 0 unspecified atom stereocenters. The maximum atomic E-state index is 11.3. The first-order valence-corrected chi connectivity index (χ1v) is 5.68. The molecule has 1 N–H and O–H groups in total. The lowest BCUT2D eigenvalue weighted by Crippen LogP contribution is -2.05. The van der Waals surface area contributed by atoms with Crippen LogP contribution in [0.5, 0.6) is 0 Å². The van der Waals surface area contributed by atoms with Gasteiger partial charge in [0, 0.05) is 17.0 Å². The summed E-state index contributed by atoms with van der Waals surface area (Å²) >= 11 is 0. The number of fused-ring (bicyclic) bond motifs is 1. The van der Waals surface area contributed by atoms with E-state index >= 15 is 0 Å². The van der Waals surface area contributed by atoms with Crippen molar-refractivity contribution < 1.29 is 14.7 Å². The van der Waals surface area contributed by atoms with Gasteiger partial charge in [-0.25, -0.2) is 4.79 Å². The molecule has 1 heterocycles. The highest BCUT2D eigenvalue weighted by Gasteiger charge is 2.18. The Morgan fingerprint density at radius 2 is 2.00 bits per heavy atom. The minimum absolute atomic E-state index is 0.0122. The van der Waals surface area contributed by atoms with Gasteiger partial charge in [0.15, 0.2) is 11.5 Å². The first kappa shape index (κ1) is 12.3. The minimum atomic E-state index is -1.08. The first-order chi connectivity index (χ1) is 8.41. The third-order valence-corrected chi connectivity index (χ3v) is 2.80. The maximum absolute atomic E-state index is 11.3. The molecule has 0 atom stereocenters. The van der Waals surface area contributed by atoms with Crippen LogP contribution in [0.3, 0.4) is 0 Å². The SMILES string of the molecule is CC(=O)c1ccc2c(c1)c(C(=O)O)nn2C(C)C. The van der Waals surface area contributed by atoms with Gasteiger partial charge < -0.3 is 5.11 Å². The fourth-order valence-electron chi connectivity index (χ4n) is 1.91. The quantitative estimate of drug-likeness (QED) is 0.844. The van der Waals surface area contributed by atoms with Gasteiger partial charge in [-0.2, -0.15) is 5.10 Å². The van der Waals surface area contributed by atoms with Crippen LogP contribution < -0.4 is 0 Å². The molecule has 5 heteroatoms. The molecule has 0 saturated carbocycles. The van der Waals surface area contributed by atoms with Gasteiger partial charge in [0.1, 0.15) is 0 Å². The van der Waals surface area contributed by atoms with Gasteiger partial charge in [0.2, 0.25) is 0 Å². The van der Waals surface area contributed by atoms with Crippen LogP contribution in [0, 0.1) is 0 Å². The van der Waals surface area contributed by atoms with Crippen molar-refractivity contribution in [1.82, 2.24) is 9.78 Å². The number of hydrogen-bond acceptors (Lipinski definition) is 3. The van der Waals surface area contributed by atoms with Crippen LogP contribution in [0.2, 0.25) is 0 Å². The number of aromatic carboxylic acids is 1. The maximum Gasteiger partial charge on any atom is 0.357 e. The van der Waals surface area contributed by atoms with Gasteiger partial charge in [-0.05, 0) is 39.0 Å². The van der Waals surface area contributed by atoms with E-state index in [-0.39, 0.29) is 17.5 Å². The van der Waals surface area contributed by atoms with Gasteiger partial charge in [-0.1, -0.05) is 0 Å². The van der Waals surface area contributed by atoms with Gasteiger partial charge >= 0.3 is 5.97 Å². The number of rotatable bonds is 3. The number of aromatic nitrogens is 2. The third-order valence-electron chi connectivity index (χ3n) is 2.80. The largest absolute Gasteiger partial charge is 0.476 e. The zero-order valence-corrected chi connectivity index (χ0v) is 10.5. The molecule has 0 radical (unpaired) electrons. The van der Waals surface area contributed by atoms with E-state index in [1.165, 1.54) is 6.92 Å². The average Bonchev–Trinajstić information content (AvgIpc) is 2.67. The van der Waals surface area contributed by atoms with Crippen molar-refractivity contribution in [3.63, 3.8) is 0 Å². The molecule has 2 aromatic rings. The zero-order valence-electron chi connectivity index (χ0n) is 10.5. The second kappa shape index (κ2) is 4.25. The van der Waals surface area contributed by atoms with Crippen LogP contribution in [0.4, 0.5) is 0 Å². The number of carbonyl (C=O) groups excluding carboxylic acids is 1. The molecule has 0 aliphatic carbocycles. The second-order valence-electron chi connectivity index (χ2n) is 4.48. The van der Waals surface area contributed by atoms with E-state index in [9.17, 15) is 9.59 Å². The summed E-state index contributed by atoms with van der Waals surface area (Å²) in [5.41, 5.74) is 1.21. The molecule has 0 aliphatic rings. The van der Waals surface area contributed by atoms with E-state index in [4.69, 9.17) is 5.11 Å². The van der Waals surface area contributed by atoms with Crippen LogP contribution >= 0.6 is 0 Å². The number of carboxylic acid groups (broad SMARTS) is 1. The lowest BCUT2D eigenvalue weighted by Gasteiger charge is -2.06. The Kier molecular flexibility index (Phi) is 2.90. The molecule has 1 aromatic heterocycles. The van der Waals surface area contributed by atoms with E-state index < -0.39 is 5.97 Å². The summed E-state index contributed by atoms with van der Waals surface area (Å²) in [5.74, 6) is -1.18. The van der Waals surface area contributed by atoms with Crippen molar-refractivity contribution in [1.29, 1.82) is 0 Å². The van der Waals surface area contributed by atoms with E-state index in [0.717, 1.165) is 5.52 Å². The summed E-state index contributed by atoms with van der Waals surface area (Å²) < 4.78 is 1.66. The Balaban J connectivity index is 2.79. The molecule has 0 saturated heterocycles. The van der Waals surface area contributed by atoms with Crippen molar-refractivity contribution >= 4 is 22.7 Å². The molecule has 18 heavy (non-hydrogen) atoms. The van der Waals surface area contributed by atoms with E-state index in [2.05, 4.69) is 5.10 Å². The van der Waals surface area contributed by atoms with E-state index in [1.54, 1.807) is 22.9 Å². The highest BCUT2D eigenvalue weighted by atomic mass is 16.4. The molecule has 1 aromatic carbocycles. The van der Waals surface area contributed by atoms with Crippen LogP contribution in [0.15, 0.2) is 18.2 Å². The van der Waals surface area contributed by atoms with Crippen molar-refractivity contribution in [2.45, 2.75) is 26.8 Å². The molecular formula is C13H14N2O3. The van der Waals surface area contributed by atoms with E-state index in [1.807, 2.05) is 13.8 Å². The topological polar surface area (TPSA) is 72.2 Å². The number of hydrogen-bond donors (Lipinski definition) is 1. The number of nitrogens with zero attached hydrogens (tertiary/aromatic N) is 2. The van der Waals surface area contributed by atoms with Crippen LogP contribution in [-0.4, -0.2) is 26.6 Å². The van der Waals surface area contributed by atoms with Crippen molar-refractivity contribution in [3.8, 4) is 0 Å². The summed E-state index contributed by atoms with van der Waals surface area (Å²) in [6.45, 7) is 5.31. The summed E-state index contributed by atoms with van der Waals surface area (Å²) in [5, 5.41) is 13.7. The molecule has 0 bridgehead atoms. The molecule has 0 fully saturated rings. The highest BCUT2D eigenvalue weighted by molar-refractivity contribution is 6.05. The van der Waals surface area contributed by atoms with Crippen LogP contribution in [-0.2, 0) is 0 Å². The second-order valence-corrected chi connectivity index (χ2v) is 4.48. The molecule has 2 rings (SSSR count). The Labute approximate surface area is 104 Å². The molecule has 5 nitrogen and oxygen atoms in total. The van der Waals surface area contributed by atoms with E-state index in [0.29, 0.717) is 10.9 Å². The number of ketones is 1. The van der Waals surface area contributed by atoms with Crippen LogP contribution in [0.1, 0.15) is 47.7 Å². The first-order valence-electron chi connectivity index (χ1n) is 5.68.